The maximum atomic E-state index is 12.2. The van der Waals surface area contributed by atoms with Crippen molar-refractivity contribution in [2.75, 3.05) is 11.1 Å². The topological polar surface area (TPSA) is 57.8 Å². The average Bonchev–Trinajstić information content (AvgIpc) is 2.97. The molecular weight excluding hydrogens is 425 g/mol. The number of nitrogens with one attached hydrogen (secondary N) is 2. The number of nitrogens with zero attached hydrogens (tertiary/aromatic N) is 1. The highest BCUT2D eigenvalue weighted by Crippen LogP contribution is 2.33. The van der Waals surface area contributed by atoms with Crippen LogP contribution in [0.15, 0.2) is 47.6 Å². The van der Waals surface area contributed by atoms with Crippen LogP contribution in [0.25, 0.3) is 0 Å². The molecule has 27 heavy (non-hydrogen) atoms. The van der Waals surface area contributed by atoms with E-state index >= 15 is 0 Å². The fourth-order valence-electron chi connectivity index (χ4n) is 2.47. The Morgan fingerprint density at radius 3 is 2.48 bits per heavy atom. The zero-order chi connectivity index (χ0) is 19.4. The smallest absolute Gasteiger partial charge is 0.234 e. The fraction of sp³-hybridized carbons (Fsp3) is 0.158. The Labute approximate surface area is 176 Å². The number of aromatic amines is 1. The monoisotopic (exact) mass is 439 g/mol. The molecule has 0 aliphatic carbocycles. The minimum atomic E-state index is -0.232. The number of aryl methyl sites for hydroxylation is 1. The minimum Gasteiger partial charge on any atom is -0.337 e. The maximum Gasteiger partial charge on any atom is 0.234 e. The van der Waals surface area contributed by atoms with Crippen molar-refractivity contribution in [1.82, 2.24) is 9.97 Å². The van der Waals surface area contributed by atoms with Crippen LogP contribution >= 0.6 is 46.6 Å². The molecule has 0 bridgehead atoms. The van der Waals surface area contributed by atoms with Gasteiger partial charge in [0.25, 0.3) is 0 Å². The lowest BCUT2D eigenvalue weighted by Gasteiger charge is -2.09. The molecule has 0 radical (unpaired) electrons. The molecule has 4 nitrogen and oxygen atoms in total. The Balaban J connectivity index is 1.60. The van der Waals surface area contributed by atoms with E-state index < -0.39 is 0 Å². The molecule has 2 aromatic carbocycles. The Bertz CT molecular complexity index is 937. The van der Waals surface area contributed by atoms with Gasteiger partial charge in [0, 0.05) is 17.1 Å². The number of imidazole rings is 1. The third-order valence-corrected chi connectivity index (χ3v) is 5.48. The Morgan fingerprint density at radius 2 is 1.81 bits per heavy atom. The van der Waals surface area contributed by atoms with Crippen LogP contribution in [-0.2, 0) is 11.2 Å². The number of carbonyl (C=O) groups excluding carboxylic acids is 1. The normalized spacial score (nSPS) is 10.8. The number of aromatic nitrogens is 2. The van der Waals surface area contributed by atoms with E-state index in [9.17, 15) is 4.79 Å². The predicted octanol–water partition coefficient (Wildman–Crippen LogP) is 6.00. The Morgan fingerprint density at radius 1 is 1.15 bits per heavy atom. The van der Waals surface area contributed by atoms with Gasteiger partial charge in [-0.25, -0.2) is 4.98 Å². The maximum absolute atomic E-state index is 12.2. The number of carbonyl (C=O) groups is 1. The van der Waals surface area contributed by atoms with Gasteiger partial charge in [0.05, 0.1) is 27.2 Å². The van der Waals surface area contributed by atoms with Gasteiger partial charge in [-0.3, -0.25) is 4.79 Å². The molecule has 0 unspecified atom stereocenters. The highest BCUT2D eigenvalue weighted by atomic mass is 35.5. The second-order valence-electron chi connectivity index (χ2n) is 5.86. The first-order chi connectivity index (χ1) is 12.9. The molecule has 0 atom stereocenters. The molecule has 2 N–H and O–H groups in total. The van der Waals surface area contributed by atoms with E-state index in [2.05, 4.69) is 27.4 Å². The molecule has 0 aliphatic heterocycles. The van der Waals surface area contributed by atoms with Gasteiger partial charge in [-0.05, 0) is 24.6 Å². The van der Waals surface area contributed by atoms with Crippen LogP contribution in [0.1, 0.15) is 17.0 Å². The number of rotatable bonds is 6. The van der Waals surface area contributed by atoms with E-state index in [-0.39, 0.29) is 11.7 Å². The first kappa shape index (κ1) is 20.1. The second-order valence-corrected chi connectivity index (χ2v) is 8.07. The van der Waals surface area contributed by atoms with Crippen LogP contribution in [0.5, 0.6) is 0 Å². The van der Waals surface area contributed by atoms with Gasteiger partial charge < -0.3 is 10.3 Å². The zero-order valence-electron chi connectivity index (χ0n) is 14.4. The fourth-order valence-corrected chi connectivity index (χ4v) is 4.12. The van der Waals surface area contributed by atoms with E-state index in [0.29, 0.717) is 25.9 Å². The summed E-state index contributed by atoms with van der Waals surface area (Å²) in [4.78, 5) is 20.0. The predicted molar refractivity (Wildman–Crippen MR) is 113 cm³/mol. The quantitative estimate of drug-likeness (QED) is 0.462. The third-order valence-electron chi connectivity index (χ3n) is 3.79. The van der Waals surface area contributed by atoms with Gasteiger partial charge in [0.15, 0.2) is 5.16 Å². The van der Waals surface area contributed by atoms with Crippen molar-refractivity contribution in [2.45, 2.75) is 18.5 Å². The van der Waals surface area contributed by atoms with E-state index in [1.807, 2.05) is 25.1 Å². The molecule has 0 saturated carbocycles. The van der Waals surface area contributed by atoms with Crippen LogP contribution in [0, 0.1) is 6.92 Å². The number of benzene rings is 2. The van der Waals surface area contributed by atoms with Crippen LogP contribution in [-0.4, -0.2) is 21.6 Å². The number of amides is 1. The molecule has 1 aromatic heterocycles. The summed E-state index contributed by atoms with van der Waals surface area (Å²) < 4.78 is 0. The van der Waals surface area contributed by atoms with E-state index in [0.717, 1.165) is 17.8 Å². The Kier molecular flexibility index (Phi) is 6.71. The highest BCUT2D eigenvalue weighted by Gasteiger charge is 2.13. The molecular formula is C19H16Cl3N3OS. The van der Waals surface area contributed by atoms with Gasteiger partial charge in [-0.1, -0.05) is 76.9 Å². The van der Waals surface area contributed by atoms with Crippen LogP contribution in [0.3, 0.4) is 0 Å². The zero-order valence-corrected chi connectivity index (χ0v) is 17.4. The summed E-state index contributed by atoms with van der Waals surface area (Å²) in [5, 5.41) is 4.41. The SMILES string of the molecule is Cc1[nH]c(SCC(=O)Nc2c(Cl)cc(Cl)cc2Cl)nc1Cc1ccccc1. The molecule has 0 aliphatic rings. The number of halogens is 3. The minimum absolute atomic E-state index is 0.174. The molecule has 0 spiro atoms. The van der Waals surface area contributed by atoms with Gasteiger partial charge >= 0.3 is 0 Å². The molecule has 8 heteroatoms. The van der Waals surface area contributed by atoms with Crippen LogP contribution in [0.2, 0.25) is 15.1 Å². The van der Waals surface area contributed by atoms with E-state index in [1.165, 1.54) is 29.5 Å². The summed E-state index contributed by atoms with van der Waals surface area (Å²) in [6.45, 7) is 1.97. The number of hydrogen-bond acceptors (Lipinski definition) is 3. The molecule has 140 valence electrons. The van der Waals surface area contributed by atoms with Gasteiger partial charge in [0.1, 0.15) is 0 Å². The molecule has 1 heterocycles. The highest BCUT2D eigenvalue weighted by molar-refractivity contribution is 7.99. The summed E-state index contributed by atoms with van der Waals surface area (Å²) in [6.07, 6.45) is 0.742. The lowest BCUT2D eigenvalue weighted by Crippen LogP contribution is -2.14. The first-order valence-electron chi connectivity index (χ1n) is 8.09. The van der Waals surface area contributed by atoms with Crippen molar-refractivity contribution < 1.29 is 4.79 Å². The second kappa shape index (κ2) is 9.02. The van der Waals surface area contributed by atoms with Crippen molar-refractivity contribution >= 4 is 58.2 Å². The van der Waals surface area contributed by atoms with Crippen molar-refractivity contribution in [3.8, 4) is 0 Å². The molecule has 1 amide bonds. The average molecular weight is 441 g/mol. The van der Waals surface area contributed by atoms with Crippen molar-refractivity contribution in [1.29, 1.82) is 0 Å². The van der Waals surface area contributed by atoms with Crippen molar-refractivity contribution in [2.24, 2.45) is 0 Å². The Hall–Kier alpha value is -1.66. The number of anilines is 1. The summed E-state index contributed by atoms with van der Waals surface area (Å²) in [7, 11) is 0. The lowest BCUT2D eigenvalue weighted by molar-refractivity contribution is -0.113. The van der Waals surface area contributed by atoms with E-state index in [4.69, 9.17) is 34.8 Å². The summed E-state index contributed by atoms with van der Waals surface area (Å²) in [5.41, 5.74) is 3.50. The lowest BCUT2D eigenvalue weighted by atomic mass is 10.1. The summed E-state index contributed by atoms with van der Waals surface area (Å²) in [5.74, 6) is -0.0581. The largest absolute Gasteiger partial charge is 0.337 e. The summed E-state index contributed by atoms with van der Waals surface area (Å²) >= 11 is 19.4. The summed E-state index contributed by atoms with van der Waals surface area (Å²) in [6, 6.07) is 13.2. The number of thioether (sulfide) groups is 1. The van der Waals surface area contributed by atoms with Crippen LogP contribution < -0.4 is 5.32 Å². The van der Waals surface area contributed by atoms with Gasteiger partial charge in [-0.15, -0.1) is 0 Å². The molecule has 0 saturated heterocycles. The molecule has 0 fully saturated rings. The molecule has 3 aromatic rings. The van der Waals surface area contributed by atoms with Crippen LogP contribution in [0.4, 0.5) is 5.69 Å². The van der Waals surface area contributed by atoms with Crippen molar-refractivity contribution in [3.63, 3.8) is 0 Å². The molecule has 3 rings (SSSR count). The van der Waals surface area contributed by atoms with Crippen molar-refractivity contribution in [3.05, 3.63) is 74.5 Å². The number of H-pyrrole nitrogens is 1. The van der Waals surface area contributed by atoms with Gasteiger partial charge in [0.2, 0.25) is 5.91 Å². The third kappa shape index (κ3) is 5.42. The number of hydrogen-bond donors (Lipinski definition) is 2. The van der Waals surface area contributed by atoms with E-state index in [1.54, 1.807) is 0 Å². The standard InChI is InChI=1S/C19H16Cl3N3OS/c1-11-16(7-12-5-3-2-4-6-12)24-19(23-11)27-10-17(26)25-18-14(21)8-13(20)9-15(18)22/h2-6,8-9H,7,10H2,1H3,(H,23,24)(H,25,26). The van der Waals surface area contributed by atoms with Gasteiger partial charge in [-0.2, -0.15) is 0 Å². The first-order valence-corrected chi connectivity index (χ1v) is 10.2.